The smallest absolute Gasteiger partial charge is 0.132 e. The number of hydrogen-bond acceptors (Lipinski definition) is 1. The minimum absolute atomic E-state index is 0.680. The molecule has 0 saturated carbocycles. The third-order valence-electron chi connectivity index (χ3n) is 2.60. The van der Waals surface area contributed by atoms with Crippen LogP contribution in [0.4, 0.5) is 0 Å². The van der Waals surface area contributed by atoms with Gasteiger partial charge < -0.3 is 4.74 Å². The Morgan fingerprint density at radius 1 is 1.06 bits per heavy atom. The number of aryl methyl sites for hydroxylation is 2. The van der Waals surface area contributed by atoms with E-state index in [0.29, 0.717) is 5.02 Å². The molecule has 0 unspecified atom stereocenters. The molecule has 0 aliphatic rings. The lowest BCUT2D eigenvalue weighted by atomic mass is 10.1. The summed E-state index contributed by atoms with van der Waals surface area (Å²) in [5, 5.41) is 1.42. The number of alkyl halides is 1. The highest BCUT2D eigenvalue weighted by molar-refractivity contribution is 9.08. The summed E-state index contributed by atoms with van der Waals surface area (Å²) < 4.78 is 5.93. The predicted octanol–water partition coefficient (Wildman–Crippen LogP) is 5.64. The monoisotopic (exact) mass is 324 g/mol. The van der Waals surface area contributed by atoms with Crippen molar-refractivity contribution < 1.29 is 4.74 Å². The number of ether oxygens (including phenoxy) is 1. The van der Waals surface area contributed by atoms with Crippen LogP contribution < -0.4 is 4.74 Å². The lowest BCUT2D eigenvalue weighted by molar-refractivity contribution is 0.478. The van der Waals surface area contributed by atoms with E-state index in [-0.39, 0.29) is 0 Å². The zero-order valence-electron chi connectivity index (χ0n) is 10.3. The molecule has 0 fully saturated rings. The summed E-state index contributed by atoms with van der Waals surface area (Å²) in [5.74, 6) is 1.64. The summed E-state index contributed by atoms with van der Waals surface area (Å²) in [4.78, 5) is 0. The van der Waals surface area contributed by atoms with E-state index in [2.05, 4.69) is 35.8 Å². The number of hydrogen-bond donors (Lipinski definition) is 0. The number of benzene rings is 2. The van der Waals surface area contributed by atoms with Gasteiger partial charge in [0.1, 0.15) is 11.5 Å². The van der Waals surface area contributed by atoms with Crippen LogP contribution in [0.3, 0.4) is 0 Å². The minimum atomic E-state index is 0.680. The van der Waals surface area contributed by atoms with Crippen LogP contribution in [-0.4, -0.2) is 0 Å². The van der Waals surface area contributed by atoms with E-state index in [0.717, 1.165) is 22.4 Å². The molecular weight excluding hydrogens is 312 g/mol. The molecule has 2 rings (SSSR count). The average molecular weight is 326 g/mol. The molecule has 0 bridgehead atoms. The zero-order chi connectivity index (χ0) is 13.1. The Bertz CT molecular complexity index is 546. The molecule has 94 valence electrons. The van der Waals surface area contributed by atoms with Gasteiger partial charge in [-0.1, -0.05) is 39.7 Å². The largest absolute Gasteiger partial charge is 0.457 e. The van der Waals surface area contributed by atoms with Crippen molar-refractivity contribution in [1.29, 1.82) is 0 Å². The Hall–Kier alpha value is -0.990. The fourth-order valence-corrected chi connectivity index (χ4v) is 2.48. The summed E-state index contributed by atoms with van der Waals surface area (Å²) in [6.45, 7) is 4.12. The minimum Gasteiger partial charge on any atom is -0.457 e. The first-order valence-electron chi connectivity index (χ1n) is 5.69. The summed E-state index contributed by atoms with van der Waals surface area (Å²) in [5.41, 5.74) is 3.46. The van der Waals surface area contributed by atoms with Gasteiger partial charge in [-0.15, -0.1) is 0 Å². The number of halogens is 2. The second-order valence-electron chi connectivity index (χ2n) is 4.31. The molecule has 0 spiro atoms. The summed E-state index contributed by atoms with van der Waals surface area (Å²) in [6, 6.07) is 11.8. The van der Waals surface area contributed by atoms with E-state index in [9.17, 15) is 0 Å². The van der Waals surface area contributed by atoms with Crippen molar-refractivity contribution in [2.45, 2.75) is 19.2 Å². The molecule has 0 amide bonds. The van der Waals surface area contributed by atoms with Gasteiger partial charge in [0.05, 0.1) is 0 Å². The predicted molar refractivity (Wildman–Crippen MR) is 80.1 cm³/mol. The molecule has 0 aliphatic carbocycles. The number of rotatable bonds is 3. The fraction of sp³-hybridized carbons (Fsp3) is 0.200. The molecule has 2 aromatic carbocycles. The van der Waals surface area contributed by atoms with Gasteiger partial charge in [0.2, 0.25) is 0 Å². The van der Waals surface area contributed by atoms with Crippen LogP contribution in [0.25, 0.3) is 0 Å². The molecule has 1 nitrogen and oxygen atoms in total. The van der Waals surface area contributed by atoms with Crippen molar-refractivity contribution in [2.75, 3.05) is 0 Å². The quantitative estimate of drug-likeness (QED) is 0.663. The van der Waals surface area contributed by atoms with Gasteiger partial charge in [0.25, 0.3) is 0 Å². The Morgan fingerprint density at radius 2 is 1.72 bits per heavy atom. The van der Waals surface area contributed by atoms with Crippen LogP contribution >= 0.6 is 27.5 Å². The van der Waals surface area contributed by atoms with Crippen LogP contribution in [0.1, 0.15) is 16.7 Å². The van der Waals surface area contributed by atoms with Gasteiger partial charge in [0.15, 0.2) is 0 Å². The highest BCUT2D eigenvalue weighted by atomic mass is 79.9. The third-order valence-corrected chi connectivity index (χ3v) is 3.44. The Kier molecular flexibility index (Phi) is 4.31. The molecule has 0 radical (unpaired) electrons. The van der Waals surface area contributed by atoms with Crippen LogP contribution in [0.15, 0.2) is 36.4 Å². The molecule has 2 aromatic rings. The van der Waals surface area contributed by atoms with Gasteiger partial charge in [0, 0.05) is 15.9 Å². The molecule has 0 heterocycles. The molecule has 0 aromatic heterocycles. The van der Waals surface area contributed by atoms with Crippen LogP contribution in [0, 0.1) is 13.8 Å². The Morgan fingerprint density at radius 3 is 2.33 bits per heavy atom. The van der Waals surface area contributed by atoms with Crippen LogP contribution in [0.5, 0.6) is 11.5 Å². The first-order valence-corrected chi connectivity index (χ1v) is 7.19. The Balaban J connectivity index is 2.35. The van der Waals surface area contributed by atoms with Crippen molar-refractivity contribution in [1.82, 2.24) is 0 Å². The van der Waals surface area contributed by atoms with E-state index in [1.165, 1.54) is 11.1 Å². The van der Waals surface area contributed by atoms with Crippen molar-refractivity contribution in [3.63, 3.8) is 0 Å². The molecule has 18 heavy (non-hydrogen) atoms. The van der Waals surface area contributed by atoms with Gasteiger partial charge >= 0.3 is 0 Å². The van der Waals surface area contributed by atoms with Crippen molar-refractivity contribution in [3.05, 3.63) is 58.1 Å². The topological polar surface area (TPSA) is 9.23 Å². The summed E-state index contributed by atoms with van der Waals surface area (Å²) >= 11 is 9.46. The highest BCUT2D eigenvalue weighted by Gasteiger charge is 2.06. The van der Waals surface area contributed by atoms with Crippen LogP contribution in [-0.2, 0) is 5.33 Å². The zero-order valence-corrected chi connectivity index (χ0v) is 12.7. The van der Waals surface area contributed by atoms with E-state index in [4.69, 9.17) is 16.3 Å². The average Bonchev–Trinajstić information content (AvgIpc) is 2.27. The molecular formula is C15H14BrClO. The van der Waals surface area contributed by atoms with Crippen molar-refractivity contribution in [2.24, 2.45) is 0 Å². The van der Waals surface area contributed by atoms with Gasteiger partial charge in [-0.3, -0.25) is 0 Å². The molecule has 0 saturated heterocycles. The first-order chi connectivity index (χ1) is 8.58. The van der Waals surface area contributed by atoms with Gasteiger partial charge in [-0.25, -0.2) is 0 Å². The maximum absolute atomic E-state index is 6.01. The van der Waals surface area contributed by atoms with Crippen molar-refractivity contribution >= 4 is 27.5 Å². The lowest BCUT2D eigenvalue weighted by Gasteiger charge is -2.11. The maximum Gasteiger partial charge on any atom is 0.132 e. The molecule has 3 heteroatoms. The van der Waals surface area contributed by atoms with Crippen molar-refractivity contribution in [3.8, 4) is 11.5 Å². The standard InChI is InChI=1S/C15H14BrClO/c1-10-5-11(2)7-14(6-10)18-15-8-13(17)4-3-12(15)9-16/h3-8H,9H2,1-2H3. The SMILES string of the molecule is Cc1cc(C)cc(Oc2cc(Cl)ccc2CBr)c1. The normalized spacial score (nSPS) is 10.4. The molecule has 0 atom stereocenters. The van der Waals surface area contributed by atoms with E-state index < -0.39 is 0 Å². The fourth-order valence-electron chi connectivity index (χ4n) is 1.85. The first kappa shape index (κ1) is 13.4. The lowest BCUT2D eigenvalue weighted by Crippen LogP contribution is -1.91. The maximum atomic E-state index is 6.01. The van der Waals surface area contributed by atoms with Crippen LogP contribution in [0.2, 0.25) is 5.02 Å². The molecule has 0 aliphatic heterocycles. The second kappa shape index (κ2) is 5.77. The van der Waals surface area contributed by atoms with E-state index in [1.807, 2.05) is 30.3 Å². The van der Waals surface area contributed by atoms with E-state index >= 15 is 0 Å². The Labute approximate surface area is 121 Å². The summed E-state index contributed by atoms with van der Waals surface area (Å²) in [7, 11) is 0. The summed E-state index contributed by atoms with van der Waals surface area (Å²) in [6.07, 6.45) is 0. The molecule has 0 N–H and O–H groups in total. The van der Waals surface area contributed by atoms with Gasteiger partial charge in [-0.05, 0) is 49.2 Å². The third kappa shape index (κ3) is 3.27. The second-order valence-corrected chi connectivity index (χ2v) is 5.31. The van der Waals surface area contributed by atoms with Gasteiger partial charge in [-0.2, -0.15) is 0 Å². The highest BCUT2D eigenvalue weighted by Crippen LogP contribution is 2.30. The van der Waals surface area contributed by atoms with E-state index in [1.54, 1.807) is 0 Å².